The van der Waals surface area contributed by atoms with Crippen molar-refractivity contribution in [2.45, 2.75) is 39.7 Å². The zero-order valence-corrected chi connectivity index (χ0v) is 20.2. The van der Waals surface area contributed by atoms with E-state index in [4.69, 9.17) is 4.74 Å². The van der Waals surface area contributed by atoms with Crippen LogP contribution < -0.4 is 15.4 Å². The van der Waals surface area contributed by atoms with Crippen molar-refractivity contribution in [3.63, 3.8) is 0 Å². The number of ketones is 1. The number of hydrogen-bond donors (Lipinski definition) is 2. The van der Waals surface area contributed by atoms with Crippen molar-refractivity contribution in [2.75, 3.05) is 12.4 Å². The summed E-state index contributed by atoms with van der Waals surface area (Å²) in [6.07, 6.45) is 2.47. The average molecular weight is 462 g/mol. The van der Waals surface area contributed by atoms with Gasteiger partial charge in [-0.25, -0.2) is 0 Å². The molecule has 2 aromatic carbocycles. The van der Waals surface area contributed by atoms with Crippen LogP contribution in [0.5, 0.6) is 5.75 Å². The Morgan fingerprint density at radius 3 is 2.67 bits per heavy atom. The lowest BCUT2D eigenvalue weighted by atomic mass is 9.85. The molecule has 6 nitrogen and oxygen atoms in total. The lowest BCUT2D eigenvalue weighted by Gasteiger charge is -2.35. The van der Waals surface area contributed by atoms with Crippen LogP contribution in [0.1, 0.15) is 56.3 Å². The Morgan fingerprint density at radius 2 is 1.97 bits per heavy atom. The molecule has 1 aliphatic rings. The van der Waals surface area contributed by atoms with E-state index in [1.807, 2.05) is 26.0 Å². The molecule has 1 aliphatic heterocycles. The number of aryl methyl sites for hydroxylation is 2. The Morgan fingerprint density at radius 1 is 1.18 bits per heavy atom. The van der Waals surface area contributed by atoms with Crippen LogP contribution >= 0.6 is 11.5 Å². The Bertz CT molecular complexity index is 1250. The van der Waals surface area contributed by atoms with E-state index in [2.05, 4.69) is 34.9 Å². The van der Waals surface area contributed by atoms with Crippen LogP contribution in [0.25, 0.3) is 5.70 Å². The summed E-state index contributed by atoms with van der Waals surface area (Å²) in [5.74, 6) is 0.370. The summed E-state index contributed by atoms with van der Waals surface area (Å²) in [5.41, 5.74) is 5.03. The topological polar surface area (TPSA) is 80.3 Å². The van der Waals surface area contributed by atoms with Crippen LogP contribution in [0.3, 0.4) is 0 Å². The lowest BCUT2D eigenvalue weighted by molar-refractivity contribution is 0.102. The van der Waals surface area contributed by atoms with Crippen LogP contribution in [0.15, 0.2) is 48.5 Å². The molecule has 0 saturated carbocycles. The fourth-order valence-corrected chi connectivity index (χ4v) is 4.82. The second-order valence-electron chi connectivity index (χ2n) is 8.87. The molecule has 2 N–H and O–H groups in total. The highest BCUT2D eigenvalue weighted by Gasteiger charge is 2.28. The van der Waals surface area contributed by atoms with E-state index >= 15 is 0 Å². The zero-order chi connectivity index (χ0) is 23.8. The number of ether oxygens (including phenoxy) is 1. The molecule has 0 bridgehead atoms. The van der Waals surface area contributed by atoms with Gasteiger partial charge in [0.15, 0.2) is 5.78 Å². The minimum atomic E-state index is -0.224. The number of nitrogens with one attached hydrogen (secondary N) is 2. The van der Waals surface area contributed by atoms with Gasteiger partial charge in [0.25, 0.3) is 5.91 Å². The summed E-state index contributed by atoms with van der Waals surface area (Å²) >= 11 is 1.31. The molecule has 4 rings (SSSR count). The quantitative estimate of drug-likeness (QED) is 0.405. The number of nitrogens with zero attached hydrogens (tertiary/aromatic N) is 1. The molecule has 0 radical (unpaired) electrons. The van der Waals surface area contributed by atoms with Gasteiger partial charge in [-0.15, -0.1) is 0 Å². The van der Waals surface area contributed by atoms with Gasteiger partial charge in [-0.3, -0.25) is 9.59 Å². The summed E-state index contributed by atoms with van der Waals surface area (Å²) in [7, 11) is 1.63. The van der Waals surface area contributed by atoms with E-state index in [-0.39, 0.29) is 17.2 Å². The number of aromatic nitrogens is 1. The van der Waals surface area contributed by atoms with Gasteiger partial charge in [0, 0.05) is 39.0 Å². The molecule has 2 heterocycles. The van der Waals surface area contributed by atoms with E-state index in [0.29, 0.717) is 22.5 Å². The van der Waals surface area contributed by atoms with Gasteiger partial charge in [0.1, 0.15) is 5.75 Å². The molecule has 33 heavy (non-hydrogen) atoms. The van der Waals surface area contributed by atoms with Crippen molar-refractivity contribution in [2.24, 2.45) is 0 Å². The summed E-state index contributed by atoms with van der Waals surface area (Å²) in [4.78, 5) is 26.8. The molecule has 1 amide bonds. The molecule has 0 unspecified atom stereocenters. The number of fused-ring (bicyclic) bond motifs is 1. The van der Waals surface area contributed by atoms with Crippen LogP contribution in [0.2, 0.25) is 0 Å². The monoisotopic (exact) mass is 461 g/mol. The maximum Gasteiger partial charge on any atom is 0.258 e. The van der Waals surface area contributed by atoms with Crippen LogP contribution in [-0.4, -0.2) is 28.7 Å². The van der Waals surface area contributed by atoms with Gasteiger partial charge in [0.05, 0.1) is 18.4 Å². The normalized spacial score (nSPS) is 15.5. The maximum absolute atomic E-state index is 13.2. The van der Waals surface area contributed by atoms with Crippen molar-refractivity contribution in [1.29, 1.82) is 0 Å². The first-order valence-corrected chi connectivity index (χ1v) is 11.5. The third kappa shape index (κ3) is 4.83. The SMILES string of the molecule is COc1ccc2c(c1)C(=CC(=O)c1cccc(NC(=O)c3c(C)nsc3C)c1)NC(C)(C)C2. The molecule has 170 valence electrons. The maximum atomic E-state index is 13.2. The number of benzene rings is 2. The van der Waals surface area contributed by atoms with E-state index in [1.165, 1.54) is 11.5 Å². The summed E-state index contributed by atoms with van der Waals surface area (Å²) in [5, 5.41) is 6.38. The number of anilines is 1. The molecule has 0 atom stereocenters. The number of methoxy groups -OCH3 is 1. The molecule has 0 fully saturated rings. The highest BCUT2D eigenvalue weighted by molar-refractivity contribution is 7.06. The van der Waals surface area contributed by atoms with E-state index in [1.54, 1.807) is 37.5 Å². The first-order chi connectivity index (χ1) is 15.7. The number of hydrogen-bond acceptors (Lipinski definition) is 6. The van der Waals surface area contributed by atoms with E-state index < -0.39 is 0 Å². The number of amides is 1. The second-order valence-corrected chi connectivity index (χ2v) is 9.84. The Kier molecular flexibility index (Phi) is 6.08. The van der Waals surface area contributed by atoms with Crippen molar-refractivity contribution in [3.05, 3.63) is 81.4 Å². The number of carbonyl (C=O) groups is 2. The van der Waals surface area contributed by atoms with Gasteiger partial charge in [0.2, 0.25) is 0 Å². The first-order valence-electron chi connectivity index (χ1n) is 10.7. The molecule has 0 spiro atoms. The molecule has 1 aromatic heterocycles. The van der Waals surface area contributed by atoms with Gasteiger partial charge >= 0.3 is 0 Å². The zero-order valence-electron chi connectivity index (χ0n) is 19.4. The number of allylic oxidation sites excluding steroid dienone is 1. The third-order valence-corrected chi connectivity index (χ3v) is 6.50. The van der Waals surface area contributed by atoms with Gasteiger partial charge in [-0.2, -0.15) is 4.37 Å². The predicted molar refractivity (Wildman–Crippen MR) is 132 cm³/mol. The van der Waals surface area contributed by atoms with Gasteiger partial charge in [-0.1, -0.05) is 18.2 Å². The van der Waals surface area contributed by atoms with Gasteiger partial charge < -0.3 is 15.4 Å². The molecule has 7 heteroatoms. The highest BCUT2D eigenvalue weighted by Crippen LogP contribution is 2.32. The highest BCUT2D eigenvalue weighted by atomic mass is 32.1. The average Bonchev–Trinajstić information content (AvgIpc) is 3.11. The minimum Gasteiger partial charge on any atom is -0.497 e. The number of rotatable bonds is 5. The minimum absolute atomic E-state index is 0.148. The largest absolute Gasteiger partial charge is 0.497 e. The molecule has 0 saturated heterocycles. The fourth-order valence-electron chi connectivity index (χ4n) is 4.12. The molecular formula is C26H27N3O3S. The standard InChI is InChI=1S/C26H27N3O3S/c1-15-24(16(2)33-29-15)25(31)27-19-8-6-7-17(11-19)23(30)13-22-21-12-20(32-5)10-9-18(21)14-26(3,4)28-22/h6-13,28H,14H2,1-5H3,(H,27,31). The smallest absolute Gasteiger partial charge is 0.258 e. The Balaban J connectivity index is 1.62. The molecule has 0 aliphatic carbocycles. The van der Waals surface area contributed by atoms with E-state index in [0.717, 1.165) is 33.9 Å². The van der Waals surface area contributed by atoms with Crippen LogP contribution in [-0.2, 0) is 6.42 Å². The van der Waals surface area contributed by atoms with Crippen LogP contribution in [0.4, 0.5) is 5.69 Å². The van der Waals surface area contributed by atoms with Crippen LogP contribution in [0, 0.1) is 13.8 Å². The van der Waals surface area contributed by atoms with Crippen molar-refractivity contribution < 1.29 is 14.3 Å². The summed E-state index contributed by atoms with van der Waals surface area (Å²) < 4.78 is 9.62. The first kappa shape index (κ1) is 22.7. The van der Waals surface area contributed by atoms with Crippen molar-refractivity contribution >= 4 is 34.6 Å². The predicted octanol–water partition coefficient (Wildman–Crippen LogP) is 5.17. The Labute approximate surface area is 197 Å². The fraction of sp³-hybridized carbons (Fsp3) is 0.269. The molecule has 3 aromatic rings. The summed E-state index contributed by atoms with van der Waals surface area (Å²) in [6.45, 7) is 7.91. The number of carbonyl (C=O) groups excluding carboxylic acids is 2. The van der Waals surface area contributed by atoms with Crippen molar-refractivity contribution in [3.8, 4) is 5.75 Å². The van der Waals surface area contributed by atoms with Gasteiger partial charge in [-0.05, 0) is 75.5 Å². The third-order valence-electron chi connectivity index (χ3n) is 5.65. The second kappa shape index (κ2) is 8.83. The lowest BCUT2D eigenvalue weighted by Crippen LogP contribution is -2.43. The van der Waals surface area contributed by atoms with E-state index in [9.17, 15) is 9.59 Å². The van der Waals surface area contributed by atoms with Crippen molar-refractivity contribution in [1.82, 2.24) is 9.69 Å². The summed E-state index contributed by atoms with van der Waals surface area (Å²) in [6, 6.07) is 12.9. The molecular weight excluding hydrogens is 434 g/mol. The Hall–Kier alpha value is -3.45.